The smallest absolute Gasteiger partial charge is 0.211 e. The van der Waals surface area contributed by atoms with Crippen LogP contribution >= 0.6 is 0 Å². The van der Waals surface area contributed by atoms with Crippen molar-refractivity contribution in [2.45, 2.75) is 13.0 Å². The fourth-order valence-electron chi connectivity index (χ4n) is 0.676. The Morgan fingerprint density at radius 2 is 2.00 bits per heavy atom. The Morgan fingerprint density at radius 1 is 1.62 bits per heavy atom. The Hall–Kier alpha value is -0.0900. The average Bonchev–Trinajstić information content (AvgIpc) is 2.13. The van der Waals surface area contributed by atoms with Crippen LogP contribution in [0.4, 0.5) is 0 Å². The van der Waals surface area contributed by atoms with Crippen molar-refractivity contribution < 1.29 is 8.42 Å². The molecule has 1 rings (SSSR count). The molecule has 8 heavy (non-hydrogen) atoms. The lowest BCUT2D eigenvalue weighted by Crippen LogP contribution is -2.09. The Morgan fingerprint density at radius 3 is 2.00 bits per heavy atom. The Labute approximate surface area is 49.3 Å². The fourth-order valence-corrected chi connectivity index (χ4v) is 1.82. The van der Waals surface area contributed by atoms with Gasteiger partial charge >= 0.3 is 0 Å². The lowest BCUT2D eigenvalue weighted by Gasteiger charge is -1.92. The molecule has 0 aromatic heterocycles. The Bertz CT molecular complexity index is 184. The number of nitrogens with zero attached hydrogens (tertiary/aromatic N) is 1. The van der Waals surface area contributed by atoms with Crippen LogP contribution in [0.1, 0.15) is 6.92 Å². The lowest BCUT2D eigenvalue weighted by molar-refractivity contribution is 0.562. The van der Waals surface area contributed by atoms with E-state index in [-0.39, 0.29) is 6.04 Å². The van der Waals surface area contributed by atoms with E-state index in [0.29, 0.717) is 6.54 Å². The summed E-state index contributed by atoms with van der Waals surface area (Å²) in [6.07, 6.45) is 1.23. The molecule has 0 aliphatic carbocycles. The molecule has 48 valence electrons. The predicted molar refractivity (Wildman–Crippen MR) is 31.0 cm³/mol. The van der Waals surface area contributed by atoms with Crippen LogP contribution in [0.2, 0.25) is 0 Å². The van der Waals surface area contributed by atoms with Gasteiger partial charge in [-0.3, -0.25) is 0 Å². The van der Waals surface area contributed by atoms with Gasteiger partial charge in [0.2, 0.25) is 10.0 Å². The fraction of sp³-hybridized carbons (Fsp3) is 1.00. The largest absolute Gasteiger partial charge is 0.212 e. The van der Waals surface area contributed by atoms with E-state index in [2.05, 4.69) is 0 Å². The standard InChI is InChI=1S/C4H9NO2S/c1-4-3-5(4)8(2,6)7/h4H,3H2,1-2H3/t4-,5?/m1/s1. The first kappa shape index (κ1) is 6.04. The van der Waals surface area contributed by atoms with E-state index in [0.717, 1.165) is 0 Å². The van der Waals surface area contributed by atoms with Crippen molar-refractivity contribution in [1.82, 2.24) is 4.31 Å². The van der Waals surface area contributed by atoms with E-state index in [9.17, 15) is 8.42 Å². The number of rotatable bonds is 1. The molecule has 1 aliphatic rings. The highest BCUT2D eigenvalue weighted by Crippen LogP contribution is 2.19. The van der Waals surface area contributed by atoms with Gasteiger partial charge in [-0.2, -0.15) is 4.31 Å². The minimum Gasteiger partial charge on any atom is -0.212 e. The van der Waals surface area contributed by atoms with Crippen LogP contribution in [0.5, 0.6) is 0 Å². The zero-order valence-electron chi connectivity index (χ0n) is 4.96. The summed E-state index contributed by atoms with van der Waals surface area (Å²) in [5.41, 5.74) is 0. The lowest BCUT2D eigenvalue weighted by atomic mass is 10.6. The number of hydrogen-bond acceptors (Lipinski definition) is 2. The molecule has 1 heterocycles. The topological polar surface area (TPSA) is 37.1 Å². The van der Waals surface area contributed by atoms with Gasteiger partial charge in [0.05, 0.1) is 6.26 Å². The molecule has 1 saturated heterocycles. The molecule has 3 nitrogen and oxygen atoms in total. The molecule has 0 radical (unpaired) electrons. The van der Waals surface area contributed by atoms with Gasteiger partial charge in [0.1, 0.15) is 0 Å². The van der Waals surface area contributed by atoms with Crippen LogP contribution in [0.15, 0.2) is 0 Å². The van der Waals surface area contributed by atoms with Gasteiger partial charge in [-0.1, -0.05) is 0 Å². The van der Waals surface area contributed by atoms with E-state index in [1.807, 2.05) is 6.92 Å². The summed E-state index contributed by atoms with van der Waals surface area (Å²) in [7, 11) is -2.85. The summed E-state index contributed by atoms with van der Waals surface area (Å²) in [4.78, 5) is 0. The van der Waals surface area contributed by atoms with E-state index >= 15 is 0 Å². The summed E-state index contributed by atoms with van der Waals surface area (Å²) < 4.78 is 22.5. The highest BCUT2D eigenvalue weighted by molar-refractivity contribution is 7.88. The molecule has 0 aromatic rings. The zero-order valence-corrected chi connectivity index (χ0v) is 5.77. The predicted octanol–water partition coefficient (Wildman–Crippen LogP) is -0.350. The quantitative estimate of drug-likeness (QED) is 0.461. The van der Waals surface area contributed by atoms with Crippen LogP contribution in [-0.2, 0) is 10.0 Å². The first-order valence-electron chi connectivity index (χ1n) is 2.48. The molecule has 1 unspecified atom stereocenters. The molecule has 1 fully saturated rings. The summed E-state index contributed by atoms with van der Waals surface area (Å²) in [6, 6.07) is 0.255. The maximum Gasteiger partial charge on any atom is 0.211 e. The molecule has 0 N–H and O–H groups in total. The maximum atomic E-state index is 10.5. The van der Waals surface area contributed by atoms with Crippen molar-refractivity contribution in [2.75, 3.05) is 12.8 Å². The molecule has 0 saturated carbocycles. The first-order chi connectivity index (χ1) is 3.52. The molecular weight excluding hydrogens is 126 g/mol. The Balaban J connectivity index is 2.66. The van der Waals surface area contributed by atoms with E-state index in [1.54, 1.807) is 0 Å². The summed E-state index contributed by atoms with van der Waals surface area (Å²) in [5.74, 6) is 0. The van der Waals surface area contributed by atoms with Gasteiger partial charge in [0, 0.05) is 12.6 Å². The Kier molecular flexibility index (Phi) is 1.09. The molecule has 0 bridgehead atoms. The molecule has 1 aliphatic heterocycles. The molecule has 0 aromatic carbocycles. The van der Waals surface area contributed by atoms with Crippen LogP contribution in [0.3, 0.4) is 0 Å². The van der Waals surface area contributed by atoms with Gasteiger partial charge in [0.15, 0.2) is 0 Å². The van der Waals surface area contributed by atoms with Crippen molar-refractivity contribution in [3.05, 3.63) is 0 Å². The molecule has 0 amide bonds. The van der Waals surface area contributed by atoms with E-state index < -0.39 is 10.0 Å². The third kappa shape index (κ3) is 1.00. The van der Waals surface area contributed by atoms with Crippen molar-refractivity contribution in [2.24, 2.45) is 0 Å². The summed E-state index contributed by atoms with van der Waals surface area (Å²) in [6.45, 7) is 2.60. The molecule has 0 spiro atoms. The normalized spacial score (nSPS) is 37.2. The average molecular weight is 135 g/mol. The number of sulfonamides is 1. The van der Waals surface area contributed by atoms with E-state index in [1.165, 1.54) is 10.6 Å². The monoisotopic (exact) mass is 135 g/mol. The van der Waals surface area contributed by atoms with Crippen LogP contribution < -0.4 is 0 Å². The molecule has 2 atom stereocenters. The van der Waals surface area contributed by atoms with Crippen molar-refractivity contribution in [1.29, 1.82) is 0 Å². The number of hydrogen-bond donors (Lipinski definition) is 0. The maximum absolute atomic E-state index is 10.5. The third-order valence-electron chi connectivity index (χ3n) is 1.23. The first-order valence-corrected chi connectivity index (χ1v) is 4.33. The van der Waals surface area contributed by atoms with Crippen molar-refractivity contribution in [3.63, 3.8) is 0 Å². The second-order valence-electron chi connectivity index (χ2n) is 2.18. The van der Waals surface area contributed by atoms with Gasteiger partial charge in [-0.25, -0.2) is 8.42 Å². The van der Waals surface area contributed by atoms with Gasteiger partial charge in [0.25, 0.3) is 0 Å². The van der Waals surface area contributed by atoms with Crippen molar-refractivity contribution in [3.8, 4) is 0 Å². The van der Waals surface area contributed by atoms with Crippen molar-refractivity contribution >= 4 is 10.0 Å². The SMILES string of the molecule is C[C@@H]1CN1S(C)(=O)=O. The minimum absolute atomic E-state index is 0.255. The highest BCUT2D eigenvalue weighted by Gasteiger charge is 2.36. The molecule has 4 heteroatoms. The second kappa shape index (κ2) is 1.45. The van der Waals surface area contributed by atoms with Gasteiger partial charge < -0.3 is 0 Å². The third-order valence-corrected chi connectivity index (χ3v) is 2.59. The van der Waals surface area contributed by atoms with Gasteiger partial charge in [-0.05, 0) is 6.92 Å². The van der Waals surface area contributed by atoms with Crippen LogP contribution in [-0.4, -0.2) is 31.6 Å². The van der Waals surface area contributed by atoms with E-state index in [4.69, 9.17) is 0 Å². The highest BCUT2D eigenvalue weighted by atomic mass is 32.2. The van der Waals surface area contributed by atoms with Gasteiger partial charge in [-0.15, -0.1) is 0 Å². The second-order valence-corrected chi connectivity index (χ2v) is 4.12. The summed E-state index contributed by atoms with van der Waals surface area (Å²) in [5, 5.41) is 0. The van der Waals surface area contributed by atoms with Crippen LogP contribution in [0, 0.1) is 0 Å². The minimum atomic E-state index is -2.85. The van der Waals surface area contributed by atoms with Crippen LogP contribution in [0.25, 0.3) is 0 Å². The molecular formula is C4H9NO2S. The summed E-state index contributed by atoms with van der Waals surface area (Å²) >= 11 is 0. The zero-order chi connectivity index (χ0) is 6.36.